The van der Waals surface area contributed by atoms with Crippen molar-refractivity contribution < 1.29 is 0 Å². The summed E-state index contributed by atoms with van der Waals surface area (Å²) in [5, 5.41) is 75.2. The minimum absolute atomic E-state index is 0.0156. The Kier molecular flexibility index (Phi) is 11.9. The minimum atomic E-state index is -0.0339. The summed E-state index contributed by atoms with van der Waals surface area (Å²) in [5.74, 6) is 0.965. The highest BCUT2D eigenvalue weighted by Gasteiger charge is 2.22. The Morgan fingerprint density at radius 2 is 1.14 bits per heavy atom. The molecule has 0 spiro atoms. The van der Waals surface area contributed by atoms with E-state index in [1.54, 1.807) is 20.9 Å². The van der Waals surface area contributed by atoms with Crippen LogP contribution in [0.4, 0.5) is 63.3 Å². The van der Waals surface area contributed by atoms with Gasteiger partial charge in [0.2, 0.25) is 21.9 Å². The third kappa shape index (κ3) is 8.25. The van der Waals surface area contributed by atoms with Crippen LogP contribution in [0.5, 0.6) is 0 Å². The van der Waals surface area contributed by atoms with E-state index in [4.69, 9.17) is 12.3 Å². The second-order valence-electron chi connectivity index (χ2n) is 14.7. The molecule has 0 fully saturated rings. The Labute approximate surface area is 371 Å². The summed E-state index contributed by atoms with van der Waals surface area (Å²) >= 11 is 1.06. The maximum Gasteiger partial charge on any atom is 0.252 e. The molecule has 20 nitrogen and oxygen atoms in total. The fourth-order valence-electron chi connectivity index (χ4n) is 7.09. The molecule has 316 valence electrons. The molecule has 2 aromatic carbocycles. The van der Waals surface area contributed by atoms with Gasteiger partial charge in [-0.05, 0) is 77.6 Å². The van der Waals surface area contributed by atoms with Crippen LogP contribution in [0.25, 0.3) is 15.1 Å². The average Bonchev–Trinajstić information content (AvgIpc) is 4.01. The van der Waals surface area contributed by atoms with Gasteiger partial charge in [0.1, 0.15) is 46.8 Å². The van der Waals surface area contributed by atoms with Crippen LogP contribution < -0.4 is 21.7 Å². The number of rotatable bonds is 11. The van der Waals surface area contributed by atoms with E-state index in [9.17, 15) is 15.8 Å². The molecule has 0 saturated heterocycles. The smallest absolute Gasteiger partial charge is 0.252 e. The standard InChI is InChI=1S/C43H38N20S/c1-20-11-22(3)32(23(4)12-20)50-40-34(26(7)29(16-45)36(47)52-40)54-56-37-28(15-44)18-62(60-37)42-58-59-43(64-42)63-19-31(48-9)39(61-63)57-55-35-27(8)30(17-46)38(49-10)53-41(35)51-33-24(5)13-21(2)14-25(33)6/h11-14,18-19H,1-8,10H3,(H3,47,50,52)(H2,49,51,53). The Balaban J connectivity index is 1.20. The number of hydrogen-bond donors (Lipinski definition) is 4. The van der Waals surface area contributed by atoms with Crippen LogP contribution in [0.1, 0.15) is 61.2 Å². The van der Waals surface area contributed by atoms with Crippen molar-refractivity contribution >= 4 is 74.7 Å². The molecule has 5 N–H and O–H groups in total. The fourth-order valence-corrected chi connectivity index (χ4v) is 7.79. The number of aromatic nitrogens is 8. The molecule has 0 aliphatic heterocycles. The number of anilines is 6. The summed E-state index contributed by atoms with van der Waals surface area (Å²) in [6.45, 7) is 23.2. The molecule has 5 heterocycles. The molecular formula is C43H38N20S. The van der Waals surface area contributed by atoms with Crippen molar-refractivity contribution in [2.24, 2.45) is 20.5 Å². The van der Waals surface area contributed by atoms with Gasteiger partial charge in [0.15, 0.2) is 11.6 Å². The van der Waals surface area contributed by atoms with Gasteiger partial charge in [0.05, 0.1) is 23.9 Å². The Morgan fingerprint density at radius 1 is 0.656 bits per heavy atom. The predicted molar refractivity (Wildman–Crippen MR) is 243 cm³/mol. The van der Waals surface area contributed by atoms with E-state index in [-0.39, 0.29) is 67.3 Å². The molecule has 0 amide bonds. The molecule has 64 heavy (non-hydrogen) atoms. The summed E-state index contributed by atoms with van der Waals surface area (Å²) in [5.41, 5.74) is 16.0. The zero-order valence-corrected chi connectivity index (χ0v) is 36.9. The molecule has 0 unspecified atom stereocenters. The number of nitrogen functional groups attached to an aromatic ring is 1. The first-order chi connectivity index (χ1) is 30.7. The number of nitriles is 3. The van der Waals surface area contributed by atoms with E-state index in [0.717, 1.165) is 56.1 Å². The lowest BCUT2D eigenvalue weighted by Gasteiger charge is -2.17. The molecule has 7 rings (SSSR count). The maximum atomic E-state index is 10.0. The third-order valence-corrected chi connectivity index (χ3v) is 11.0. The van der Waals surface area contributed by atoms with Gasteiger partial charge >= 0.3 is 0 Å². The normalized spacial score (nSPS) is 11.1. The second kappa shape index (κ2) is 17.6. The number of nitrogens with zero attached hydrogens (tertiary/aromatic N) is 16. The number of azo groups is 2. The van der Waals surface area contributed by atoms with Crippen LogP contribution in [-0.4, -0.2) is 46.8 Å². The van der Waals surface area contributed by atoms with Gasteiger partial charge in [-0.2, -0.15) is 20.9 Å². The van der Waals surface area contributed by atoms with Crippen molar-refractivity contribution in [2.75, 3.05) is 28.7 Å². The van der Waals surface area contributed by atoms with Crippen molar-refractivity contribution in [2.45, 2.75) is 55.4 Å². The highest BCUT2D eigenvalue weighted by molar-refractivity contribution is 7.16. The van der Waals surface area contributed by atoms with Gasteiger partial charge in [-0.25, -0.2) is 24.2 Å². The maximum absolute atomic E-state index is 10.0. The molecule has 0 atom stereocenters. The summed E-state index contributed by atoms with van der Waals surface area (Å²) < 4.78 is 2.66. The van der Waals surface area contributed by atoms with Crippen LogP contribution in [0.3, 0.4) is 0 Å². The molecule has 0 aliphatic carbocycles. The quantitative estimate of drug-likeness (QED) is 0.0696. The van der Waals surface area contributed by atoms with E-state index in [0.29, 0.717) is 22.8 Å². The fraction of sp³-hybridized carbons (Fsp3) is 0.209. The van der Waals surface area contributed by atoms with Crippen molar-refractivity contribution in [3.63, 3.8) is 0 Å². The van der Waals surface area contributed by atoms with Gasteiger partial charge < -0.3 is 21.7 Å². The lowest BCUT2D eigenvalue weighted by Crippen LogP contribution is -2.05. The third-order valence-electron chi connectivity index (χ3n) is 10.1. The van der Waals surface area contributed by atoms with E-state index in [1.807, 2.05) is 53.7 Å². The van der Waals surface area contributed by atoms with Crippen LogP contribution in [0.2, 0.25) is 0 Å². The van der Waals surface area contributed by atoms with E-state index >= 15 is 0 Å². The molecule has 0 radical (unpaired) electrons. The van der Waals surface area contributed by atoms with E-state index in [1.165, 1.54) is 21.8 Å². The lowest BCUT2D eigenvalue weighted by atomic mass is 10.0. The van der Waals surface area contributed by atoms with E-state index in [2.05, 4.69) is 102 Å². The molecule has 0 bridgehead atoms. The van der Waals surface area contributed by atoms with Gasteiger partial charge in [-0.3, -0.25) is 0 Å². The Bertz CT molecular complexity index is 3220. The van der Waals surface area contributed by atoms with Crippen LogP contribution >= 0.6 is 11.3 Å². The topological polar surface area (TPSA) is 274 Å². The predicted octanol–water partition coefficient (Wildman–Crippen LogP) is 10.3. The minimum Gasteiger partial charge on any atom is -0.383 e. The van der Waals surface area contributed by atoms with Crippen molar-refractivity contribution in [3.8, 4) is 28.5 Å². The first kappa shape index (κ1) is 43.2. The zero-order valence-electron chi connectivity index (χ0n) is 36.1. The first-order valence-electron chi connectivity index (χ1n) is 19.3. The van der Waals surface area contributed by atoms with Crippen LogP contribution in [0.15, 0.2) is 57.1 Å². The van der Waals surface area contributed by atoms with Crippen molar-refractivity contribution in [1.82, 2.24) is 39.7 Å². The van der Waals surface area contributed by atoms with Crippen LogP contribution in [-0.2, 0) is 0 Å². The average molecular weight is 867 g/mol. The van der Waals surface area contributed by atoms with Gasteiger partial charge in [0, 0.05) is 35.7 Å². The summed E-state index contributed by atoms with van der Waals surface area (Å²) in [6, 6.07) is 14.5. The van der Waals surface area contributed by atoms with Gasteiger partial charge in [0.25, 0.3) is 5.69 Å². The number of nitrogens with one attached hydrogen (secondary N) is 3. The number of nitrogens with two attached hydrogens (primary N) is 1. The summed E-state index contributed by atoms with van der Waals surface area (Å²) in [7, 11) is 1.68. The first-order valence-corrected chi connectivity index (χ1v) is 20.2. The molecule has 5 aromatic heterocycles. The summed E-state index contributed by atoms with van der Waals surface area (Å²) in [6.07, 6.45) is 2.86. The molecule has 0 saturated carbocycles. The highest BCUT2D eigenvalue weighted by Crippen LogP contribution is 2.40. The SMILES string of the molecule is [C-]#[N+]c1cn(-c2nnc(-n3cc(C#N)c(N=Nc4c(Nc5c(C)cc(C)cc5C)nc(N)c(C#N)c4C)n3)s2)nc1N=Nc1c(Nc2c(C)cc(C)cc2C)nc(NC)c(C#N)c1C. The van der Waals surface area contributed by atoms with Gasteiger partial charge in [-0.15, -0.1) is 35.8 Å². The lowest BCUT2D eigenvalue weighted by molar-refractivity contribution is 0.817. The number of benzene rings is 2. The highest BCUT2D eigenvalue weighted by atomic mass is 32.1. The van der Waals surface area contributed by atoms with Crippen molar-refractivity contribution in [3.05, 3.63) is 109 Å². The molecular weight excluding hydrogens is 829 g/mol. The Hall–Kier alpha value is -8.92. The molecule has 21 heteroatoms. The largest absolute Gasteiger partial charge is 0.383 e. The van der Waals surface area contributed by atoms with Crippen LogP contribution in [0, 0.1) is 96.0 Å². The van der Waals surface area contributed by atoms with Gasteiger partial charge in [-0.1, -0.05) is 46.7 Å². The number of hydrogen-bond acceptors (Lipinski definition) is 18. The number of pyridine rings is 2. The second-order valence-corrected chi connectivity index (χ2v) is 15.6. The van der Waals surface area contributed by atoms with E-state index < -0.39 is 0 Å². The summed E-state index contributed by atoms with van der Waals surface area (Å²) in [4.78, 5) is 12.7. The number of aryl methyl sites for hydroxylation is 6. The monoisotopic (exact) mass is 866 g/mol. The molecule has 7 aromatic rings. The Morgan fingerprint density at radius 3 is 1.64 bits per heavy atom. The zero-order chi connectivity index (χ0) is 46.0. The van der Waals surface area contributed by atoms with Crippen molar-refractivity contribution in [1.29, 1.82) is 15.8 Å². The molecule has 0 aliphatic rings.